The highest BCUT2D eigenvalue weighted by Crippen LogP contribution is 2.18. The number of esters is 1. The van der Waals surface area contributed by atoms with E-state index in [0.29, 0.717) is 18.7 Å². The number of benzene rings is 1. The van der Waals surface area contributed by atoms with Gasteiger partial charge in [-0.1, -0.05) is 18.2 Å². The molecule has 2 N–H and O–H groups in total. The number of ether oxygens (including phenoxy) is 2. The molecular weight excluding hydrogens is 260 g/mol. The quantitative estimate of drug-likeness (QED) is 0.611. The van der Waals surface area contributed by atoms with Crippen LogP contribution in [0.1, 0.15) is 10.4 Å². The largest absolute Gasteiger partial charge is 0.452 e. The number of aromatic nitrogens is 1. The van der Waals surface area contributed by atoms with Crippen LogP contribution >= 0.6 is 0 Å². The molecule has 0 saturated carbocycles. The highest BCUT2D eigenvalue weighted by molar-refractivity contribution is 6.04. The number of carbonyl (C=O) groups is 2. The fourth-order valence-electron chi connectivity index (χ4n) is 1.79. The first-order valence-corrected chi connectivity index (χ1v) is 6.21. The lowest BCUT2D eigenvalue weighted by atomic mass is 10.2. The summed E-state index contributed by atoms with van der Waals surface area (Å²) in [5.41, 5.74) is 1.27. The highest BCUT2D eigenvalue weighted by atomic mass is 16.5. The van der Waals surface area contributed by atoms with Crippen LogP contribution in [0.15, 0.2) is 30.5 Å². The third-order valence-corrected chi connectivity index (χ3v) is 2.77. The number of nitrogens with one attached hydrogen (secondary N) is 2. The van der Waals surface area contributed by atoms with E-state index in [4.69, 9.17) is 9.47 Å². The maximum Gasteiger partial charge on any atom is 0.340 e. The van der Waals surface area contributed by atoms with Crippen LogP contribution < -0.4 is 5.32 Å². The van der Waals surface area contributed by atoms with Crippen molar-refractivity contribution in [2.75, 3.05) is 26.9 Å². The Hall–Kier alpha value is -2.34. The standard InChI is InChI=1S/C14H16N2O4/c1-19-7-6-15-13(17)9-20-14(18)11-8-16-12-5-3-2-4-10(11)12/h2-5,8,16H,6-7,9H2,1H3,(H,15,17). The molecule has 0 atom stereocenters. The lowest BCUT2D eigenvalue weighted by molar-refractivity contribution is -0.124. The van der Waals surface area contributed by atoms with Crippen molar-refractivity contribution < 1.29 is 19.1 Å². The first-order chi connectivity index (χ1) is 9.72. The van der Waals surface area contributed by atoms with Crippen molar-refractivity contribution in [3.8, 4) is 0 Å². The fourth-order valence-corrected chi connectivity index (χ4v) is 1.79. The van der Waals surface area contributed by atoms with Crippen molar-refractivity contribution in [1.82, 2.24) is 10.3 Å². The molecule has 1 amide bonds. The molecule has 0 radical (unpaired) electrons. The third-order valence-electron chi connectivity index (χ3n) is 2.77. The van der Waals surface area contributed by atoms with Gasteiger partial charge >= 0.3 is 5.97 Å². The van der Waals surface area contributed by atoms with Gasteiger partial charge in [-0.05, 0) is 6.07 Å². The molecule has 0 unspecified atom stereocenters. The van der Waals surface area contributed by atoms with E-state index in [9.17, 15) is 9.59 Å². The first-order valence-electron chi connectivity index (χ1n) is 6.21. The normalized spacial score (nSPS) is 10.4. The van der Waals surface area contributed by atoms with Crippen molar-refractivity contribution in [3.05, 3.63) is 36.0 Å². The zero-order valence-electron chi connectivity index (χ0n) is 11.1. The van der Waals surface area contributed by atoms with E-state index < -0.39 is 5.97 Å². The van der Waals surface area contributed by atoms with Crippen molar-refractivity contribution in [2.45, 2.75) is 0 Å². The zero-order valence-corrected chi connectivity index (χ0v) is 11.1. The molecule has 0 fully saturated rings. The van der Waals surface area contributed by atoms with Crippen LogP contribution in [0.3, 0.4) is 0 Å². The minimum Gasteiger partial charge on any atom is -0.452 e. The maximum absolute atomic E-state index is 11.9. The van der Waals surface area contributed by atoms with Gasteiger partial charge in [0.1, 0.15) is 0 Å². The Labute approximate surface area is 116 Å². The Kier molecular flexibility index (Phi) is 4.73. The summed E-state index contributed by atoms with van der Waals surface area (Å²) in [5.74, 6) is -0.875. The molecular formula is C14H16N2O4. The molecule has 0 aliphatic carbocycles. The third kappa shape index (κ3) is 3.36. The molecule has 1 aromatic carbocycles. The molecule has 106 valence electrons. The molecule has 0 aliphatic heterocycles. The lowest BCUT2D eigenvalue weighted by Gasteiger charge is -2.05. The van der Waals surface area contributed by atoms with E-state index >= 15 is 0 Å². The molecule has 0 bridgehead atoms. The number of fused-ring (bicyclic) bond motifs is 1. The average molecular weight is 276 g/mol. The Bertz CT molecular complexity index is 606. The average Bonchev–Trinajstić information content (AvgIpc) is 2.89. The number of carbonyl (C=O) groups excluding carboxylic acids is 2. The predicted octanol–water partition coefficient (Wildman–Crippen LogP) is 1.09. The Morgan fingerprint density at radius 3 is 2.90 bits per heavy atom. The summed E-state index contributed by atoms with van der Waals surface area (Å²) in [7, 11) is 1.54. The SMILES string of the molecule is COCCNC(=O)COC(=O)c1c[nH]c2ccccc12. The van der Waals surface area contributed by atoms with E-state index in [1.165, 1.54) is 0 Å². The lowest BCUT2D eigenvalue weighted by Crippen LogP contribution is -2.31. The van der Waals surface area contributed by atoms with Gasteiger partial charge < -0.3 is 19.8 Å². The molecule has 0 spiro atoms. The second kappa shape index (κ2) is 6.72. The Balaban J connectivity index is 1.90. The molecule has 1 heterocycles. The molecule has 2 aromatic rings. The van der Waals surface area contributed by atoms with Crippen molar-refractivity contribution in [2.24, 2.45) is 0 Å². The summed E-state index contributed by atoms with van der Waals surface area (Å²) < 4.78 is 9.77. The number of hydrogen-bond donors (Lipinski definition) is 2. The van der Waals surface area contributed by atoms with Crippen molar-refractivity contribution >= 4 is 22.8 Å². The van der Waals surface area contributed by atoms with Gasteiger partial charge in [-0.15, -0.1) is 0 Å². The van der Waals surface area contributed by atoms with Gasteiger partial charge in [0, 0.05) is 30.8 Å². The van der Waals surface area contributed by atoms with Gasteiger partial charge in [0.05, 0.1) is 12.2 Å². The van der Waals surface area contributed by atoms with Crippen molar-refractivity contribution in [3.63, 3.8) is 0 Å². The van der Waals surface area contributed by atoms with Gasteiger partial charge in [0.15, 0.2) is 6.61 Å². The minimum absolute atomic E-state index is 0.304. The Morgan fingerprint density at radius 2 is 2.10 bits per heavy atom. The number of hydrogen-bond acceptors (Lipinski definition) is 4. The van der Waals surface area contributed by atoms with E-state index in [0.717, 1.165) is 10.9 Å². The Morgan fingerprint density at radius 1 is 1.30 bits per heavy atom. The number of aromatic amines is 1. The number of methoxy groups -OCH3 is 1. The zero-order chi connectivity index (χ0) is 14.4. The second-order valence-electron chi connectivity index (χ2n) is 4.17. The summed E-state index contributed by atoms with van der Waals surface area (Å²) in [6, 6.07) is 7.40. The van der Waals surface area contributed by atoms with E-state index in [-0.39, 0.29) is 12.5 Å². The minimum atomic E-state index is -0.524. The van der Waals surface area contributed by atoms with Gasteiger partial charge in [0.25, 0.3) is 5.91 Å². The number of rotatable bonds is 6. The van der Waals surface area contributed by atoms with Crippen LogP contribution in [0.4, 0.5) is 0 Å². The van der Waals surface area contributed by atoms with Crippen LogP contribution in [-0.2, 0) is 14.3 Å². The van der Waals surface area contributed by atoms with E-state index in [2.05, 4.69) is 10.3 Å². The molecule has 0 aliphatic rings. The van der Waals surface area contributed by atoms with Crippen LogP contribution in [0, 0.1) is 0 Å². The summed E-state index contributed by atoms with van der Waals surface area (Å²) >= 11 is 0. The molecule has 6 heteroatoms. The first kappa shape index (κ1) is 14.1. The summed E-state index contributed by atoms with van der Waals surface area (Å²) in [6.07, 6.45) is 1.58. The van der Waals surface area contributed by atoms with Crippen LogP contribution in [-0.4, -0.2) is 43.7 Å². The van der Waals surface area contributed by atoms with Crippen LogP contribution in [0.5, 0.6) is 0 Å². The van der Waals surface area contributed by atoms with Gasteiger partial charge in [-0.2, -0.15) is 0 Å². The fraction of sp³-hybridized carbons (Fsp3) is 0.286. The topological polar surface area (TPSA) is 80.4 Å². The summed E-state index contributed by atoms with van der Waals surface area (Å²) in [6.45, 7) is 0.504. The maximum atomic E-state index is 11.9. The predicted molar refractivity (Wildman–Crippen MR) is 73.5 cm³/mol. The van der Waals surface area contributed by atoms with E-state index in [1.54, 1.807) is 13.3 Å². The highest BCUT2D eigenvalue weighted by Gasteiger charge is 2.14. The summed E-state index contributed by atoms with van der Waals surface area (Å²) in [5, 5.41) is 3.35. The number of H-pyrrole nitrogens is 1. The number of amides is 1. The van der Waals surface area contributed by atoms with Crippen molar-refractivity contribution in [1.29, 1.82) is 0 Å². The van der Waals surface area contributed by atoms with Gasteiger partial charge in [0.2, 0.25) is 0 Å². The van der Waals surface area contributed by atoms with Gasteiger partial charge in [-0.25, -0.2) is 4.79 Å². The molecule has 6 nitrogen and oxygen atoms in total. The smallest absolute Gasteiger partial charge is 0.340 e. The molecule has 1 aromatic heterocycles. The number of para-hydroxylation sites is 1. The molecule has 20 heavy (non-hydrogen) atoms. The van der Waals surface area contributed by atoms with Crippen LogP contribution in [0.25, 0.3) is 10.9 Å². The molecule has 2 rings (SSSR count). The van der Waals surface area contributed by atoms with E-state index in [1.807, 2.05) is 24.3 Å². The molecule has 0 saturated heterocycles. The second-order valence-corrected chi connectivity index (χ2v) is 4.17. The summed E-state index contributed by atoms with van der Waals surface area (Å²) in [4.78, 5) is 26.3. The van der Waals surface area contributed by atoms with Crippen LogP contribution in [0.2, 0.25) is 0 Å². The van der Waals surface area contributed by atoms with Gasteiger partial charge in [-0.3, -0.25) is 4.79 Å². The monoisotopic (exact) mass is 276 g/mol.